The zero-order valence-electron chi connectivity index (χ0n) is 15.2. The van der Waals surface area contributed by atoms with Crippen molar-refractivity contribution in [2.24, 2.45) is 0 Å². The van der Waals surface area contributed by atoms with E-state index in [4.69, 9.17) is 21.1 Å². The van der Waals surface area contributed by atoms with Crippen LogP contribution < -0.4 is 9.47 Å². The van der Waals surface area contributed by atoms with Crippen molar-refractivity contribution in [1.29, 1.82) is 0 Å². The van der Waals surface area contributed by atoms with Crippen molar-refractivity contribution in [1.82, 2.24) is 0 Å². The van der Waals surface area contributed by atoms with Crippen LogP contribution in [-0.2, 0) is 0 Å². The average molecular weight is 422 g/mol. The molecule has 0 N–H and O–H groups in total. The molecule has 0 unspecified atom stereocenters. The molecule has 1 aliphatic heterocycles. The number of nitro benzene ring substituents is 1. The highest BCUT2D eigenvalue weighted by Crippen LogP contribution is 2.35. The van der Waals surface area contributed by atoms with E-state index in [2.05, 4.69) is 0 Å². The van der Waals surface area contributed by atoms with E-state index in [0.717, 1.165) is 5.56 Å². The summed E-state index contributed by atoms with van der Waals surface area (Å²) < 4.78 is 10.9. The van der Waals surface area contributed by atoms with E-state index in [1.54, 1.807) is 30.3 Å². The van der Waals surface area contributed by atoms with E-state index in [0.29, 0.717) is 10.6 Å². The zero-order chi connectivity index (χ0) is 21.3. The SMILES string of the molecule is O=C(Oc1ccc2c(c1)OC(=Cc1ccc(Cl)cc1)C2=O)c1ccc([N+](=O)[O-])cc1. The van der Waals surface area contributed by atoms with Crippen molar-refractivity contribution in [3.05, 3.63) is 104 Å². The molecule has 30 heavy (non-hydrogen) atoms. The molecule has 0 aromatic heterocycles. The fourth-order valence-electron chi connectivity index (χ4n) is 2.83. The number of nitrogens with zero attached hydrogens (tertiary/aromatic N) is 1. The summed E-state index contributed by atoms with van der Waals surface area (Å²) in [6, 6.07) is 16.4. The number of halogens is 1. The summed E-state index contributed by atoms with van der Waals surface area (Å²) in [5.41, 5.74) is 1.13. The van der Waals surface area contributed by atoms with E-state index < -0.39 is 10.9 Å². The third-order valence-electron chi connectivity index (χ3n) is 4.33. The largest absolute Gasteiger partial charge is 0.452 e. The van der Waals surface area contributed by atoms with Crippen LogP contribution in [-0.4, -0.2) is 16.7 Å². The number of allylic oxidation sites excluding steroid dienone is 1. The molecular weight excluding hydrogens is 410 g/mol. The van der Waals surface area contributed by atoms with Crippen LogP contribution in [0, 0.1) is 10.1 Å². The Morgan fingerprint density at radius 3 is 2.40 bits per heavy atom. The van der Waals surface area contributed by atoms with Crippen molar-refractivity contribution in [3.63, 3.8) is 0 Å². The normalized spacial score (nSPS) is 13.6. The summed E-state index contributed by atoms with van der Waals surface area (Å²) in [5, 5.41) is 11.3. The second-order valence-electron chi connectivity index (χ2n) is 6.34. The predicted octanol–water partition coefficient (Wildman–Crippen LogP) is 5.08. The average Bonchev–Trinajstić information content (AvgIpc) is 3.04. The topological polar surface area (TPSA) is 95.7 Å². The quantitative estimate of drug-likeness (QED) is 0.191. The third-order valence-corrected chi connectivity index (χ3v) is 4.59. The van der Waals surface area contributed by atoms with Crippen molar-refractivity contribution < 1.29 is 24.0 Å². The molecule has 0 spiro atoms. The van der Waals surface area contributed by atoms with Gasteiger partial charge in [-0.25, -0.2) is 4.79 Å². The van der Waals surface area contributed by atoms with Gasteiger partial charge in [0.25, 0.3) is 5.69 Å². The van der Waals surface area contributed by atoms with Gasteiger partial charge >= 0.3 is 5.97 Å². The lowest BCUT2D eigenvalue weighted by atomic mass is 10.1. The Morgan fingerprint density at radius 1 is 1.03 bits per heavy atom. The molecule has 0 aliphatic carbocycles. The minimum atomic E-state index is -0.689. The van der Waals surface area contributed by atoms with Crippen molar-refractivity contribution in [3.8, 4) is 11.5 Å². The molecule has 7 nitrogen and oxygen atoms in total. The van der Waals surface area contributed by atoms with Gasteiger partial charge in [0.1, 0.15) is 11.5 Å². The van der Waals surface area contributed by atoms with Gasteiger partial charge < -0.3 is 9.47 Å². The van der Waals surface area contributed by atoms with Crippen LogP contribution >= 0.6 is 11.6 Å². The number of hydrogen-bond acceptors (Lipinski definition) is 6. The molecule has 1 aliphatic rings. The Labute approximate surface area is 175 Å². The smallest absolute Gasteiger partial charge is 0.343 e. The third kappa shape index (κ3) is 3.92. The molecule has 0 amide bonds. The van der Waals surface area contributed by atoms with Crippen LogP contribution in [0.2, 0.25) is 5.02 Å². The number of rotatable bonds is 4. The van der Waals surface area contributed by atoms with Crippen molar-refractivity contribution in [2.75, 3.05) is 0 Å². The summed E-state index contributed by atoms with van der Waals surface area (Å²) in [6.07, 6.45) is 1.60. The number of non-ortho nitro benzene ring substituents is 1. The number of esters is 1. The maximum Gasteiger partial charge on any atom is 0.343 e. The molecule has 0 radical (unpaired) electrons. The van der Waals surface area contributed by atoms with E-state index in [9.17, 15) is 19.7 Å². The van der Waals surface area contributed by atoms with Gasteiger partial charge in [-0.15, -0.1) is 0 Å². The van der Waals surface area contributed by atoms with Gasteiger partial charge in [-0.1, -0.05) is 23.7 Å². The van der Waals surface area contributed by atoms with E-state index in [1.165, 1.54) is 42.5 Å². The summed E-state index contributed by atoms with van der Waals surface area (Å²) in [5.74, 6) is -0.377. The zero-order valence-corrected chi connectivity index (χ0v) is 16.0. The van der Waals surface area contributed by atoms with Gasteiger partial charge in [0, 0.05) is 23.2 Å². The molecule has 1 heterocycles. The van der Waals surface area contributed by atoms with Crippen LogP contribution in [0.4, 0.5) is 5.69 Å². The molecule has 8 heteroatoms. The number of carbonyl (C=O) groups is 2. The minimum Gasteiger partial charge on any atom is -0.452 e. The van der Waals surface area contributed by atoms with E-state index >= 15 is 0 Å². The van der Waals surface area contributed by atoms with Gasteiger partial charge in [0.15, 0.2) is 5.76 Å². The van der Waals surface area contributed by atoms with Crippen LogP contribution in [0.15, 0.2) is 72.5 Å². The fraction of sp³-hybridized carbons (Fsp3) is 0. The molecule has 4 rings (SSSR count). The predicted molar refractivity (Wildman–Crippen MR) is 109 cm³/mol. The summed E-state index contributed by atoms with van der Waals surface area (Å²) >= 11 is 5.86. The standard InChI is InChI=1S/C22H12ClNO6/c23-15-5-1-13(2-6-15)11-20-21(25)18-10-9-17(12-19(18)30-20)29-22(26)14-3-7-16(8-4-14)24(27)28/h1-12H. The Morgan fingerprint density at radius 2 is 1.73 bits per heavy atom. The highest BCUT2D eigenvalue weighted by Gasteiger charge is 2.28. The molecule has 3 aromatic rings. The van der Waals surface area contributed by atoms with Crippen LogP contribution in [0.1, 0.15) is 26.3 Å². The van der Waals surface area contributed by atoms with Crippen LogP contribution in [0.3, 0.4) is 0 Å². The second kappa shape index (κ2) is 7.81. The number of fused-ring (bicyclic) bond motifs is 1. The molecule has 0 bridgehead atoms. The number of nitro groups is 1. The minimum absolute atomic E-state index is 0.129. The lowest BCUT2D eigenvalue weighted by Gasteiger charge is -2.05. The van der Waals surface area contributed by atoms with Crippen LogP contribution in [0.5, 0.6) is 11.5 Å². The fourth-order valence-corrected chi connectivity index (χ4v) is 2.95. The van der Waals surface area contributed by atoms with Gasteiger partial charge in [-0.05, 0) is 48.0 Å². The first kappa shape index (κ1) is 19.4. The highest BCUT2D eigenvalue weighted by molar-refractivity contribution is 6.30. The first-order chi connectivity index (χ1) is 14.4. The van der Waals surface area contributed by atoms with Gasteiger partial charge in [-0.3, -0.25) is 14.9 Å². The van der Waals surface area contributed by atoms with Gasteiger partial charge in [0.05, 0.1) is 16.1 Å². The summed E-state index contributed by atoms with van der Waals surface area (Å²) in [7, 11) is 0. The van der Waals surface area contributed by atoms with Gasteiger partial charge in [-0.2, -0.15) is 0 Å². The first-order valence-corrected chi connectivity index (χ1v) is 9.09. The van der Waals surface area contributed by atoms with Crippen LogP contribution in [0.25, 0.3) is 6.08 Å². The summed E-state index contributed by atoms with van der Waals surface area (Å²) in [4.78, 5) is 34.9. The van der Waals surface area contributed by atoms with Gasteiger partial charge in [0.2, 0.25) is 5.78 Å². The molecule has 0 atom stereocenters. The molecule has 0 saturated heterocycles. The van der Waals surface area contributed by atoms with E-state index in [1.807, 2.05) is 0 Å². The maximum atomic E-state index is 12.5. The Bertz CT molecular complexity index is 1200. The number of Topliss-reactive ketones (excluding diaryl/α,β-unsaturated/α-hetero) is 1. The lowest BCUT2D eigenvalue weighted by molar-refractivity contribution is -0.384. The summed E-state index contributed by atoms with van der Waals surface area (Å²) in [6.45, 7) is 0. The number of benzene rings is 3. The Balaban J connectivity index is 1.51. The molecule has 3 aromatic carbocycles. The first-order valence-electron chi connectivity index (χ1n) is 8.71. The number of hydrogen-bond donors (Lipinski definition) is 0. The van der Waals surface area contributed by atoms with E-state index in [-0.39, 0.29) is 34.3 Å². The number of carbonyl (C=O) groups excluding carboxylic acids is 2. The molecular formula is C22H12ClNO6. The highest BCUT2D eigenvalue weighted by atomic mass is 35.5. The number of ether oxygens (including phenoxy) is 2. The molecule has 0 saturated carbocycles. The molecule has 148 valence electrons. The van der Waals surface area contributed by atoms with Crippen molar-refractivity contribution >= 4 is 35.1 Å². The van der Waals surface area contributed by atoms with Crippen molar-refractivity contribution in [2.45, 2.75) is 0 Å². The lowest BCUT2D eigenvalue weighted by Crippen LogP contribution is -2.08. The Kier molecular flexibility index (Phi) is 5.04. The molecule has 0 fully saturated rings. The second-order valence-corrected chi connectivity index (χ2v) is 6.78. The monoisotopic (exact) mass is 421 g/mol. The Hall–Kier alpha value is -3.97. The maximum absolute atomic E-state index is 12.5. The number of ketones is 1.